The molecular formula is C12H18ClNO6. The third kappa shape index (κ3) is 2.26. The summed E-state index contributed by atoms with van der Waals surface area (Å²) in [5.74, 6) is -1.55. The molecule has 0 aromatic heterocycles. The van der Waals surface area contributed by atoms with Crippen molar-refractivity contribution in [2.24, 2.45) is 5.18 Å². The van der Waals surface area contributed by atoms with Crippen molar-refractivity contribution in [1.29, 1.82) is 0 Å². The molecule has 0 aromatic carbocycles. The minimum Gasteiger partial charge on any atom is -0.348 e. The van der Waals surface area contributed by atoms with Crippen LogP contribution in [0.25, 0.3) is 0 Å². The van der Waals surface area contributed by atoms with Crippen LogP contribution in [-0.4, -0.2) is 47.8 Å². The molecule has 0 spiro atoms. The van der Waals surface area contributed by atoms with Crippen LogP contribution in [0.4, 0.5) is 0 Å². The molecule has 3 aliphatic heterocycles. The van der Waals surface area contributed by atoms with Crippen molar-refractivity contribution in [3.63, 3.8) is 0 Å². The molecule has 114 valence electrons. The lowest BCUT2D eigenvalue weighted by Gasteiger charge is -2.27. The SMILES string of the molecule is CC1(C)OCC([C@H]2O[C@@](Cl)(N=O)[C@H]3OC(C)(C)O[C@@H]23)O1. The Labute approximate surface area is 121 Å². The van der Waals surface area contributed by atoms with E-state index in [2.05, 4.69) is 5.18 Å². The van der Waals surface area contributed by atoms with E-state index in [4.69, 9.17) is 35.3 Å². The van der Waals surface area contributed by atoms with Gasteiger partial charge in [0.25, 0.3) is 0 Å². The molecule has 0 saturated carbocycles. The van der Waals surface area contributed by atoms with E-state index >= 15 is 0 Å². The summed E-state index contributed by atoms with van der Waals surface area (Å²) in [7, 11) is 0. The van der Waals surface area contributed by atoms with E-state index in [9.17, 15) is 4.91 Å². The number of hydrogen-bond acceptors (Lipinski definition) is 7. The second-order valence-corrected chi connectivity index (χ2v) is 6.71. The number of alkyl halides is 1. The van der Waals surface area contributed by atoms with Gasteiger partial charge in [-0.05, 0) is 32.9 Å². The first kappa shape index (κ1) is 14.6. The van der Waals surface area contributed by atoms with Crippen LogP contribution in [-0.2, 0) is 23.7 Å². The largest absolute Gasteiger partial charge is 0.348 e. The average Bonchev–Trinajstić information content (AvgIpc) is 2.92. The molecule has 0 amide bonds. The summed E-state index contributed by atoms with van der Waals surface area (Å²) in [6.45, 7) is 7.44. The Morgan fingerprint density at radius 3 is 2.25 bits per heavy atom. The summed E-state index contributed by atoms with van der Waals surface area (Å²) in [5.41, 5.74) is 0. The molecule has 0 bridgehead atoms. The Kier molecular flexibility index (Phi) is 3.18. The van der Waals surface area contributed by atoms with Crippen LogP contribution < -0.4 is 0 Å². The highest BCUT2D eigenvalue weighted by atomic mass is 35.5. The van der Waals surface area contributed by atoms with E-state index < -0.39 is 41.2 Å². The van der Waals surface area contributed by atoms with Gasteiger partial charge in [0, 0.05) is 0 Å². The van der Waals surface area contributed by atoms with Crippen LogP contribution in [0.3, 0.4) is 0 Å². The van der Waals surface area contributed by atoms with Gasteiger partial charge in [-0.2, -0.15) is 0 Å². The van der Waals surface area contributed by atoms with Crippen LogP contribution in [0.5, 0.6) is 0 Å². The van der Waals surface area contributed by atoms with E-state index in [1.165, 1.54) is 0 Å². The maximum Gasteiger partial charge on any atom is 0.306 e. The average molecular weight is 308 g/mol. The predicted octanol–water partition coefficient (Wildman–Crippen LogP) is 1.72. The van der Waals surface area contributed by atoms with Crippen molar-refractivity contribution in [3.05, 3.63) is 4.91 Å². The molecule has 0 radical (unpaired) electrons. The summed E-state index contributed by atoms with van der Waals surface area (Å²) in [6.07, 6.45) is -2.26. The van der Waals surface area contributed by atoms with Crippen LogP contribution >= 0.6 is 11.6 Å². The van der Waals surface area contributed by atoms with Gasteiger partial charge in [0.2, 0.25) is 0 Å². The number of nitroso groups, excluding NO2 is 1. The molecule has 8 heteroatoms. The zero-order valence-electron chi connectivity index (χ0n) is 11.8. The number of ether oxygens (including phenoxy) is 5. The van der Waals surface area contributed by atoms with E-state index in [1.54, 1.807) is 27.7 Å². The molecule has 5 atom stereocenters. The molecular weight excluding hydrogens is 290 g/mol. The summed E-state index contributed by atoms with van der Waals surface area (Å²) >= 11 is 6.12. The molecule has 7 nitrogen and oxygen atoms in total. The molecule has 0 aliphatic carbocycles. The fourth-order valence-corrected chi connectivity index (χ4v) is 3.14. The first-order valence-corrected chi connectivity index (χ1v) is 6.92. The fourth-order valence-electron chi connectivity index (χ4n) is 2.87. The van der Waals surface area contributed by atoms with Gasteiger partial charge in [-0.15, -0.1) is 4.91 Å². The van der Waals surface area contributed by atoms with Crippen molar-refractivity contribution in [3.8, 4) is 0 Å². The third-order valence-electron chi connectivity index (χ3n) is 3.63. The second-order valence-electron chi connectivity index (χ2n) is 6.17. The number of nitrogens with zero attached hydrogens (tertiary/aromatic N) is 1. The van der Waals surface area contributed by atoms with Crippen molar-refractivity contribution >= 4 is 11.6 Å². The smallest absolute Gasteiger partial charge is 0.306 e. The van der Waals surface area contributed by atoms with Crippen LogP contribution in [0.1, 0.15) is 27.7 Å². The quantitative estimate of drug-likeness (QED) is 0.439. The summed E-state index contributed by atoms with van der Waals surface area (Å²) in [6, 6.07) is 0. The number of halogens is 1. The molecule has 20 heavy (non-hydrogen) atoms. The van der Waals surface area contributed by atoms with Gasteiger partial charge in [0.05, 0.1) is 6.61 Å². The highest BCUT2D eigenvalue weighted by Crippen LogP contribution is 2.48. The molecule has 3 saturated heterocycles. The van der Waals surface area contributed by atoms with E-state index in [0.29, 0.717) is 6.61 Å². The second kappa shape index (κ2) is 4.34. The normalized spacial score (nSPS) is 49.2. The Hall–Kier alpha value is -0.310. The Morgan fingerprint density at radius 2 is 1.70 bits per heavy atom. The minimum atomic E-state index is -1.79. The van der Waals surface area contributed by atoms with Gasteiger partial charge in [0.1, 0.15) is 18.3 Å². The first-order valence-electron chi connectivity index (χ1n) is 6.54. The zero-order chi connectivity index (χ0) is 14.8. The highest BCUT2D eigenvalue weighted by Gasteiger charge is 2.66. The lowest BCUT2D eigenvalue weighted by atomic mass is 10.1. The molecule has 3 heterocycles. The van der Waals surface area contributed by atoms with Crippen molar-refractivity contribution in [1.82, 2.24) is 0 Å². The Balaban J connectivity index is 1.84. The zero-order valence-corrected chi connectivity index (χ0v) is 12.5. The molecule has 0 aromatic rings. The lowest BCUT2D eigenvalue weighted by molar-refractivity contribution is -0.211. The summed E-state index contributed by atoms with van der Waals surface area (Å²) < 4.78 is 28.3. The third-order valence-corrected chi connectivity index (χ3v) is 4.00. The Morgan fingerprint density at radius 1 is 1.00 bits per heavy atom. The molecule has 0 N–H and O–H groups in total. The minimum absolute atomic E-state index is 0.330. The molecule has 3 aliphatic rings. The highest BCUT2D eigenvalue weighted by molar-refractivity contribution is 6.23. The summed E-state index contributed by atoms with van der Waals surface area (Å²) in [5, 5.41) is 1.09. The van der Waals surface area contributed by atoms with Gasteiger partial charge < -0.3 is 23.7 Å². The van der Waals surface area contributed by atoms with E-state index in [0.717, 1.165) is 0 Å². The van der Waals surface area contributed by atoms with Gasteiger partial charge in [-0.1, -0.05) is 11.6 Å². The monoisotopic (exact) mass is 307 g/mol. The number of hydrogen-bond donors (Lipinski definition) is 0. The van der Waals surface area contributed by atoms with Gasteiger partial charge in [-0.3, -0.25) is 0 Å². The van der Waals surface area contributed by atoms with Crippen molar-refractivity contribution in [2.75, 3.05) is 6.61 Å². The Bertz CT molecular complexity index is 430. The standard InChI is InChI=1S/C12H18ClNO6/c1-10(2)16-5-6(17-10)7-8-9(12(13,14-15)19-7)20-11(3,4)18-8/h6-9H,5H2,1-4H3/t6?,7-,8+,9+,12+/m1/s1. The molecule has 1 unspecified atom stereocenters. The molecule has 3 rings (SSSR count). The fraction of sp³-hybridized carbons (Fsp3) is 1.00. The number of fused-ring (bicyclic) bond motifs is 1. The maximum absolute atomic E-state index is 11.1. The lowest BCUT2D eigenvalue weighted by Crippen LogP contribution is -2.40. The van der Waals surface area contributed by atoms with Crippen molar-refractivity contribution < 1.29 is 23.7 Å². The van der Waals surface area contributed by atoms with E-state index in [-0.39, 0.29) is 0 Å². The van der Waals surface area contributed by atoms with Crippen molar-refractivity contribution in [2.45, 2.75) is 68.9 Å². The maximum atomic E-state index is 11.1. The predicted molar refractivity (Wildman–Crippen MR) is 68.0 cm³/mol. The molecule has 3 fully saturated rings. The van der Waals surface area contributed by atoms with Gasteiger partial charge >= 0.3 is 5.18 Å². The topological polar surface area (TPSA) is 75.6 Å². The first-order chi connectivity index (χ1) is 9.16. The van der Waals surface area contributed by atoms with Crippen LogP contribution in [0.2, 0.25) is 0 Å². The van der Waals surface area contributed by atoms with Gasteiger partial charge in [0.15, 0.2) is 17.7 Å². The summed E-state index contributed by atoms with van der Waals surface area (Å²) in [4.78, 5) is 11.1. The number of rotatable bonds is 2. The van der Waals surface area contributed by atoms with Gasteiger partial charge in [-0.25, -0.2) is 0 Å². The van der Waals surface area contributed by atoms with E-state index in [1.807, 2.05) is 0 Å². The van der Waals surface area contributed by atoms with Crippen LogP contribution in [0.15, 0.2) is 5.18 Å². The van der Waals surface area contributed by atoms with Crippen LogP contribution in [0, 0.1) is 4.91 Å².